The fourth-order valence-electron chi connectivity index (χ4n) is 1.48. The topological polar surface area (TPSA) is 62.2 Å². The molecule has 18 heavy (non-hydrogen) atoms. The Hall–Kier alpha value is -2.07. The lowest BCUT2D eigenvalue weighted by molar-refractivity contribution is 0.0948. The largest absolute Gasteiger partial charge is 0.507 e. The number of rotatable bonds is 3. The Bertz CT molecular complexity index is 558. The number of carbonyl (C=O) groups is 1. The zero-order valence-corrected chi connectivity index (χ0v) is 10.2. The summed E-state index contributed by atoms with van der Waals surface area (Å²) in [4.78, 5) is 15.7. The van der Waals surface area contributed by atoms with E-state index in [-0.39, 0.29) is 17.2 Å². The van der Waals surface area contributed by atoms with Crippen LogP contribution in [0.25, 0.3) is 0 Å². The molecular formula is C13H11ClN2O2. The minimum Gasteiger partial charge on any atom is -0.507 e. The molecule has 0 fully saturated rings. The molecule has 1 aromatic heterocycles. The molecule has 1 heterocycles. The van der Waals surface area contributed by atoms with Gasteiger partial charge in [0.25, 0.3) is 5.91 Å². The van der Waals surface area contributed by atoms with Crippen molar-refractivity contribution in [3.05, 3.63) is 58.9 Å². The van der Waals surface area contributed by atoms with E-state index >= 15 is 0 Å². The molecule has 0 atom stereocenters. The Morgan fingerprint density at radius 3 is 2.67 bits per heavy atom. The summed E-state index contributed by atoms with van der Waals surface area (Å²) in [7, 11) is 0. The third-order valence-electron chi connectivity index (χ3n) is 2.41. The van der Waals surface area contributed by atoms with Crippen molar-refractivity contribution in [3.63, 3.8) is 0 Å². The van der Waals surface area contributed by atoms with Gasteiger partial charge in [0.15, 0.2) is 0 Å². The van der Waals surface area contributed by atoms with Gasteiger partial charge in [-0.15, -0.1) is 0 Å². The summed E-state index contributed by atoms with van der Waals surface area (Å²) in [6.07, 6.45) is 3.31. The van der Waals surface area contributed by atoms with Crippen LogP contribution in [0.5, 0.6) is 5.75 Å². The van der Waals surface area contributed by atoms with Crippen molar-refractivity contribution < 1.29 is 9.90 Å². The number of pyridine rings is 1. The molecule has 0 unspecified atom stereocenters. The van der Waals surface area contributed by atoms with Crippen LogP contribution in [0.3, 0.4) is 0 Å². The molecular weight excluding hydrogens is 252 g/mol. The number of hydrogen-bond donors (Lipinski definition) is 2. The lowest BCUT2D eigenvalue weighted by atomic mass is 10.2. The van der Waals surface area contributed by atoms with E-state index in [9.17, 15) is 9.90 Å². The highest BCUT2D eigenvalue weighted by molar-refractivity contribution is 6.30. The van der Waals surface area contributed by atoms with Gasteiger partial charge >= 0.3 is 0 Å². The maximum atomic E-state index is 11.8. The number of phenolic OH excluding ortho intramolecular Hbond substituents is 1. The van der Waals surface area contributed by atoms with Crippen molar-refractivity contribution in [2.24, 2.45) is 0 Å². The Morgan fingerprint density at radius 1 is 1.28 bits per heavy atom. The van der Waals surface area contributed by atoms with E-state index in [2.05, 4.69) is 10.3 Å². The molecule has 0 radical (unpaired) electrons. The zero-order chi connectivity index (χ0) is 13.0. The number of phenols is 1. The van der Waals surface area contributed by atoms with E-state index < -0.39 is 0 Å². The second-order valence-corrected chi connectivity index (χ2v) is 4.14. The molecule has 5 heteroatoms. The van der Waals surface area contributed by atoms with Crippen LogP contribution >= 0.6 is 11.6 Å². The SMILES string of the molecule is O=C(NCc1ccncc1)c1ccc(Cl)cc1O. The van der Waals surface area contributed by atoms with E-state index in [1.807, 2.05) is 12.1 Å². The minimum absolute atomic E-state index is 0.130. The number of nitrogens with zero attached hydrogens (tertiary/aromatic N) is 1. The molecule has 0 spiro atoms. The van der Waals surface area contributed by atoms with Crippen molar-refractivity contribution in [2.75, 3.05) is 0 Å². The molecule has 2 N–H and O–H groups in total. The van der Waals surface area contributed by atoms with Crippen molar-refractivity contribution in [1.82, 2.24) is 10.3 Å². The van der Waals surface area contributed by atoms with Gasteiger partial charge < -0.3 is 10.4 Å². The lowest BCUT2D eigenvalue weighted by Crippen LogP contribution is -2.22. The smallest absolute Gasteiger partial charge is 0.255 e. The summed E-state index contributed by atoms with van der Waals surface area (Å²) in [6.45, 7) is 0.378. The molecule has 0 saturated heterocycles. The first kappa shape index (κ1) is 12.4. The third-order valence-corrected chi connectivity index (χ3v) is 2.64. The van der Waals surface area contributed by atoms with Gasteiger partial charge in [-0.1, -0.05) is 11.6 Å². The summed E-state index contributed by atoms with van der Waals surface area (Å²) in [5.41, 5.74) is 1.14. The molecule has 1 aromatic carbocycles. The maximum Gasteiger partial charge on any atom is 0.255 e. The van der Waals surface area contributed by atoms with Crippen LogP contribution in [0, 0.1) is 0 Å². The predicted octanol–water partition coefficient (Wildman–Crippen LogP) is 2.37. The van der Waals surface area contributed by atoms with Gasteiger partial charge in [0.05, 0.1) is 5.56 Å². The first-order chi connectivity index (χ1) is 8.66. The first-order valence-electron chi connectivity index (χ1n) is 5.32. The molecule has 1 amide bonds. The summed E-state index contributed by atoms with van der Waals surface area (Å²) in [6, 6.07) is 8.00. The summed E-state index contributed by atoms with van der Waals surface area (Å²) >= 11 is 5.70. The van der Waals surface area contributed by atoms with Crippen molar-refractivity contribution in [3.8, 4) is 5.75 Å². The quantitative estimate of drug-likeness (QED) is 0.893. The normalized spacial score (nSPS) is 10.1. The van der Waals surface area contributed by atoms with Crippen LogP contribution in [-0.2, 0) is 6.54 Å². The number of carbonyl (C=O) groups excluding carboxylic acids is 1. The molecule has 2 aromatic rings. The van der Waals surface area contributed by atoms with Crippen molar-refractivity contribution >= 4 is 17.5 Å². The molecule has 4 nitrogen and oxygen atoms in total. The van der Waals surface area contributed by atoms with Crippen LogP contribution in [0.4, 0.5) is 0 Å². The summed E-state index contributed by atoms with van der Waals surface area (Å²) in [5.74, 6) is -0.476. The van der Waals surface area contributed by atoms with Gasteiger partial charge in [0.2, 0.25) is 0 Å². The van der Waals surface area contributed by atoms with Gasteiger partial charge in [-0.25, -0.2) is 0 Å². The van der Waals surface area contributed by atoms with Crippen LogP contribution in [0.15, 0.2) is 42.7 Å². The molecule has 0 aliphatic heterocycles. The molecule has 0 aliphatic carbocycles. The van der Waals surface area contributed by atoms with E-state index in [0.29, 0.717) is 11.6 Å². The molecule has 0 saturated carbocycles. The Kier molecular flexibility index (Phi) is 3.79. The van der Waals surface area contributed by atoms with E-state index in [1.54, 1.807) is 18.5 Å². The van der Waals surface area contributed by atoms with Crippen LogP contribution in [0.1, 0.15) is 15.9 Å². The second kappa shape index (κ2) is 5.51. The standard InChI is InChI=1S/C13H11ClN2O2/c14-10-1-2-11(12(17)7-10)13(18)16-8-9-3-5-15-6-4-9/h1-7,17H,8H2,(H,16,18). The highest BCUT2D eigenvalue weighted by atomic mass is 35.5. The van der Waals surface area contributed by atoms with Crippen LogP contribution < -0.4 is 5.32 Å². The Labute approximate surface area is 109 Å². The fraction of sp³-hybridized carbons (Fsp3) is 0.0769. The lowest BCUT2D eigenvalue weighted by Gasteiger charge is -2.07. The maximum absolute atomic E-state index is 11.8. The van der Waals surface area contributed by atoms with Crippen LogP contribution in [-0.4, -0.2) is 16.0 Å². The molecule has 0 aliphatic rings. The number of halogens is 1. The van der Waals surface area contributed by atoms with Gasteiger partial charge in [-0.2, -0.15) is 0 Å². The highest BCUT2D eigenvalue weighted by Crippen LogP contribution is 2.21. The average Bonchev–Trinajstić information content (AvgIpc) is 2.37. The Balaban J connectivity index is 2.04. The first-order valence-corrected chi connectivity index (χ1v) is 5.70. The average molecular weight is 263 g/mol. The highest BCUT2D eigenvalue weighted by Gasteiger charge is 2.10. The molecule has 92 valence electrons. The molecule has 2 rings (SSSR count). The van der Waals surface area contributed by atoms with E-state index in [4.69, 9.17) is 11.6 Å². The van der Waals surface area contributed by atoms with Gasteiger partial charge in [0.1, 0.15) is 5.75 Å². The van der Waals surface area contributed by atoms with E-state index in [0.717, 1.165) is 5.56 Å². The Morgan fingerprint density at radius 2 is 2.00 bits per heavy atom. The number of benzene rings is 1. The summed E-state index contributed by atoms with van der Waals surface area (Å²) < 4.78 is 0. The third kappa shape index (κ3) is 2.99. The van der Waals surface area contributed by atoms with Gasteiger partial charge in [0, 0.05) is 24.0 Å². The predicted molar refractivity (Wildman–Crippen MR) is 68.5 cm³/mol. The van der Waals surface area contributed by atoms with Crippen LogP contribution in [0.2, 0.25) is 5.02 Å². The number of aromatic hydroxyl groups is 1. The zero-order valence-electron chi connectivity index (χ0n) is 9.43. The fourth-order valence-corrected chi connectivity index (χ4v) is 1.64. The number of aromatic nitrogens is 1. The number of amides is 1. The van der Waals surface area contributed by atoms with Gasteiger partial charge in [-0.05, 0) is 35.9 Å². The molecule has 0 bridgehead atoms. The summed E-state index contributed by atoms with van der Waals surface area (Å²) in [5, 5.41) is 12.7. The minimum atomic E-state index is -0.346. The van der Waals surface area contributed by atoms with Crippen molar-refractivity contribution in [2.45, 2.75) is 6.54 Å². The monoisotopic (exact) mass is 262 g/mol. The van der Waals surface area contributed by atoms with Gasteiger partial charge in [-0.3, -0.25) is 9.78 Å². The number of nitrogens with one attached hydrogen (secondary N) is 1. The second-order valence-electron chi connectivity index (χ2n) is 3.70. The number of hydrogen-bond acceptors (Lipinski definition) is 3. The van der Waals surface area contributed by atoms with Crippen molar-refractivity contribution in [1.29, 1.82) is 0 Å². The van der Waals surface area contributed by atoms with E-state index in [1.165, 1.54) is 12.1 Å².